The van der Waals surface area contributed by atoms with E-state index < -0.39 is 0 Å². The Balaban J connectivity index is 2.26. The van der Waals surface area contributed by atoms with Gasteiger partial charge in [0, 0.05) is 6.54 Å². The summed E-state index contributed by atoms with van der Waals surface area (Å²) in [5, 5.41) is 15.0. The van der Waals surface area contributed by atoms with E-state index >= 15 is 0 Å². The highest BCUT2D eigenvalue weighted by molar-refractivity contribution is 8.00. The van der Waals surface area contributed by atoms with Crippen LogP contribution in [0.4, 0.5) is 0 Å². The summed E-state index contributed by atoms with van der Waals surface area (Å²) in [5.74, 6) is -0.0157. The number of amides is 1. The van der Waals surface area contributed by atoms with Gasteiger partial charge in [0.15, 0.2) is 0 Å². The molecule has 0 fully saturated rings. The van der Waals surface area contributed by atoms with Gasteiger partial charge in [0.25, 0.3) is 0 Å². The number of aryl methyl sites for hydroxylation is 2. The number of hydrogen-bond donors (Lipinski definition) is 1. The number of benzene rings is 1. The Morgan fingerprint density at radius 1 is 1.43 bits per heavy atom. The van der Waals surface area contributed by atoms with E-state index in [1.54, 1.807) is 4.68 Å². The Bertz CT molecular complexity index is 640. The molecule has 0 aliphatic heterocycles. The number of rotatable bonds is 5. The lowest BCUT2D eigenvalue weighted by molar-refractivity contribution is -0.120. The second-order valence-corrected chi connectivity index (χ2v) is 6.13. The van der Waals surface area contributed by atoms with Crippen LogP contribution in [0.1, 0.15) is 25.0 Å². The van der Waals surface area contributed by atoms with Gasteiger partial charge in [-0.1, -0.05) is 23.9 Å². The van der Waals surface area contributed by atoms with Crippen molar-refractivity contribution in [2.75, 3.05) is 6.54 Å². The van der Waals surface area contributed by atoms with E-state index in [0.29, 0.717) is 11.7 Å². The Hall–Kier alpha value is -1.89. The highest BCUT2D eigenvalue weighted by Gasteiger charge is 2.19. The van der Waals surface area contributed by atoms with Crippen LogP contribution < -0.4 is 5.32 Å². The molecule has 2 rings (SSSR count). The van der Waals surface area contributed by atoms with Crippen LogP contribution in [0.25, 0.3) is 5.69 Å². The van der Waals surface area contributed by atoms with Crippen LogP contribution >= 0.6 is 11.8 Å². The molecule has 2 aromatic rings. The minimum atomic E-state index is -0.250. The van der Waals surface area contributed by atoms with Gasteiger partial charge in [0.2, 0.25) is 11.1 Å². The standard InChI is InChI=1S/C14H19N5OS/c1-5-15-13(20)11(4)21-14-16-17-18-19(14)12-8-9(2)6-7-10(12)3/h6-8,11H,5H2,1-4H3,(H,15,20)/t11-/m1/s1. The summed E-state index contributed by atoms with van der Waals surface area (Å²) in [4.78, 5) is 11.8. The van der Waals surface area contributed by atoms with Crippen LogP contribution in [0, 0.1) is 13.8 Å². The van der Waals surface area contributed by atoms with Crippen LogP contribution in [0.5, 0.6) is 0 Å². The van der Waals surface area contributed by atoms with Crippen molar-refractivity contribution < 1.29 is 4.79 Å². The van der Waals surface area contributed by atoms with E-state index in [4.69, 9.17) is 0 Å². The Kier molecular flexibility index (Phi) is 4.95. The normalized spacial score (nSPS) is 12.2. The summed E-state index contributed by atoms with van der Waals surface area (Å²) < 4.78 is 1.68. The molecular formula is C14H19N5OS. The number of nitrogens with one attached hydrogen (secondary N) is 1. The maximum atomic E-state index is 11.8. The van der Waals surface area contributed by atoms with Crippen molar-refractivity contribution in [3.8, 4) is 5.69 Å². The molecule has 0 saturated carbocycles. The van der Waals surface area contributed by atoms with Gasteiger partial charge in [0.1, 0.15) is 0 Å². The predicted molar refractivity (Wildman–Crippen MR) is 82.6 cm³/mol. The van der Waals surface area contributed by atoms with Gasteiger partial charge in [-0.25, -0.2) is 0 Å². The van der Waals surface area contributed by atoms with Gasteiger partial charge in [-0.05, 0) is 55.3 Å². The fraction of sp³-hybridized carbons (Fsp3) is 0.429. The molecule has 6 nitrogen and oxygen atoms in total. The molecule has 0 radical (unpaired) electrons. The third-order valence-electron chi connectivity index (χ3n) is 3.04. The third kappa shape index (κ3) is 3.60. The van der Waals surface area contributed by atoms with Gasteiger partial charge in [-0.3, -0.25) is 4.79 Å². The number of carbonyl (C=O) groups excluding carboxylic acids is 1. The number of aromatic nitrogens is 4. The zero-order valence-corrected chi connectivity index (χ0v) is 13.4. The predicted octanol–water partition coefficient (Wildman–Crippen LogP) is 1.90. The zero-order valence-electron chi connectivity index (χ0n) is 12.6. The topological polar surface area (TPSA) is 72.7 Å². The molecule has 112 valence electrons. The van der Waals surface area contributed by atoms with Crippen LogP contribution in [0.15, 0.2) is 23.4 Å². The van der Waals surface area contributed by atoms with Gasteiger partial charge in [-0.15, -0.1) is 5.10 Å². The van der Waals surface area contributed by atoms with Gasteiger partial charge >= 0.3 is 0 Å². The first-order valence-electron chi connectivity index (χ1n) is 6.83. The van der Waals surface area contributed by atoms with Crippen molar-refractivity contribution in [2.45, 2.75) is 38.1 Å². The minimum absolute atomic E-state index is 0.0157. The molecule has 21 heavy (non-hydrogen) atoms. The molecule has 0 aliphatic rings. The number of nitrogens with zero attached hydrogens (tertiary/aromatic N) is 4. The van der Waals surface area contributed by atoms with E-state index in [2.05, 4.69) is 20.8 Å². The molecule has 1 amide bonds. The first-order valence-corrected chi connectivity index (χ1v) is 7.71. The van der Waals surface area contributed by atoms with Crippen molar-refractivity contribution >= 4 is 17.7 Å². The Morgan fingerprint density at radius 2 is 2.19 bits per heavy atom. The fourth-order valence-electron chi connectivity index (χ4n) is 1.88. The molecule has 1 N–H and O–H groups in total. The lowest BCUT2D eigenvalue weighted by Gasteiger charge is -2.12. The van der Waals surface area contributed by atoms with E-state index in [1.807, 2.05) is 45.9 Å². The number of thioether (sulfide) groups is 1. The Labute approximate surface area is 128 Å². The average molecular weight is 305 g/mol. The highest BCUT2D eigenvalue weighted by Crippen LogP contribution is 2.24. The van der Waals surface area contributed by atoms with Crippen LogP contribution in [0.3, 0.4) is 0 Å². The summed E-state index contributed by atoms with van der Waals surface area (Å²) in [6.07, 6.45) is 0. The summed E-state index contributed by atoms with van der Waals surface area (Å²) >= 11 is 1.35. The lowest BCUT2D eigenvalue weighted by atomic mass is 10.1. The van der Waals surface area contributed by atoms with Crippen molar-refractivity contribution in [1.29, 1.82) is 0 Å². The van der Waals surface area contributed by atoms with Gasteiger partial charge < -0.3 is 5.32 Å². The van der Waals surface area contributed by atoms with Crippen LogP contribution in [-0.2, 0) is 4.79 Å². The summed E-state index contributed by atoms with van der Waals surface area (Å²) in [6.45, 7) is 8.40. The summed E-state index contributed by atoms with van der Waals surface area (Å²) in [7, 11) is 0. The molecule has 1 heterocycles. The van der Waals surface area contributed by atoms with Crippen LogP contribution in [0.2, 0.25) is 0 Å². The number of tetrazole rings is 1. The maximum Gasteiger partial charge on any atom is 0.233 e. The smallest absolute Gasteiger partial charge is 0.233 e. The first kappa shape index (κ1) is 15.5. The third-order valence-corrected chi connectivity index (χ3v) is 4.07. The van der Waals surface area contributed by atoms with Crippen molar-refractivity contribution in [3.05, 3.63) is 29.3 Å². The molecule has 7 heteroatoms. The molecular weight excluding hydrogens is 286 g/mol. The lowest BCUT2D eigenvalue weighted by Crippen LogP contribution is -2.30. The van der Waals surface area contributed by atoms with Gasteiger partial charge in [-0.2, -0.15) is 4.68 Å². The molecule has 0 aliphatic carbocycles. The monoisotopic (exact) mass is 305 g/mol. The molecule has 0 saturated heterocycles. The average Bonchev–Trinajstić information content (AvgIpc) is 2.89. The molecule has 1 aromatic heterocycles. The number of carbonyl (C=O) groups is 1. The second-order valence-electron chi connectivity index (χ2n) is 4.82. The van der Waals surface area contributed by atoms with Crippen molar-refractivity contribution in [1.82, 2.24) is 25.5 Å². The van der Waals surface area contributed by atoms with E-state index in [-0.39, 0.29) is 11.2 Å². The maximum absolute atomic E-state index is 11.8. The molecule has 0 unspecified atom stereocenters. The fourth-order valence-corrected chi connectivity index (χ4v) is 2.71. The van der Waals surface area contributed by atoms with E-state index in [1.165, 1.54) is 11.8 Å². The van der Waals surface area contributed by atoms with E-state index in [0.717, 1.165) is 16.8 Å². The highest BCUT2D eigenvalue weighted by atomic mass is 32.2. The number of hydrogen-bond acceptors (Lipinski definition) is 5. The van der Waals surface area contributed by atoms with Crippen LogP contribution in [-0.4, -0.2) is 37.9 Å². The van der Waals surface area contributed by atoms with Crippen molar-refractivity contribution in [2.24, 2.45) is 0 Å². The molecule has 1 atom stereocenters. The first-order chi connectivity index (χ1) is 10.0. The van der Waals surface area contributed by atoms with Crippen molar-refractivity contribution in [3.63, 3.8) is 0 Å². The SMILES string of the molecule is CCNC(=O)[C@@H](C)Sc1nnnn1-c1cc(C)ccc1C. The second kappa shape index (κ2) is 6.71. The summed E-state index contributed by atoms with van der Waals surface area (Å²) in [5.41, 5.74) is 3.16. The summed E-state index contributed by atoms with van der Waals surface area (Å²) in [6, 6.07) is 6.12. The van der Waals surface area contributed by atoms with Gasteiger partial charge in [0.05, 0.1) is 10.9 Å². The molecule has 1 aromatic carbocycles. The zero-order chi connectivity index (χ0) is 15.4. The molecule has 0 bridgehead atoms. The molecule has 0 spiro atoms. The Morgan fingerprint density at radius 3 is 2.90 bits per heavy atom. The largest absolute Gasteiger partial charge is 0.355 e. The quantitative estimate of drug-likeness (QED) is 0.854. The minimum Gasteiger partial charge on any atom is -0.355 e. The van der Waals surface area contributed by atoms with E-state index in [9.17, 15) is 4.79 Å².